The molecule has 0 aliphatic carbocycles. The summed E-state index contributed by atoms with van der Waals surface area (Å²) in [5.41, 5.74) is 7.47. The zero-order chi connectivity index (χ0) is 17.1. The fourth-order valence-electron chi connectivity index (χ4n) is 2.44. The molecule has 0 saturated carbocycles. The van der Waals surface area contributed by atoms with E-state index in [9.17, 15) is 4.79 Å². The third kappa shape index (κ3) is 3.41. The van der Waals surface area contributed by atoms with Crippen LogP contribution in [0.4, 0.5) is 11.6 Å². The predicted molar refractivity (Wildman–Crippen MR) is 91.0 cm³/mol. The summed E-state index contributed by atoms with van der Waals surface area (Å²) in [6, 6.07) is 3.71. The maximum atomic E-state index is 12.3. The average Bonchev–Trinajstić information content (AvgIpc) is 2.87. The van der Waals surface area contributed by atoms with E-state index in [1.807, 2.05) is 6.07 Å². The number of nitrogen functional groups attached to an aromatic ring is 1. The predicted octanol–water partition coefficient (Wildman–Crippen LogP) is 2.38. The molecular weight excluding hydrogens is 330 g/mol. The Balaban J connectivity index is 1.85. The molecule has 2 N–H and O–H groups in total. The molecule has 0 fully saturated rings. The molecule has 0 aromatic carbocycles. The van der Waals surface area contributed by atoms with Crippen molar-refractivity contribution in [2.75, 3.05) is 17.2 Å². The van der Waals surface area contributed by atoms with Gasteiger partial charge in [0.15, 0.2) is 0 Å². The van der Waals surface area contributed by atoms with Gasteiger partial charge in [-0.2, -0.15) is 9.97 Å². The maximum Gasteiger partial charge on any atom is 0.320 e. The Morgan fingerprint density at radius 2 is 2.21 bits per heavy atom. The van der Waals surface area contributed by atoms with Gasteiger partial charge in [0, 0.05) is 11.8 Å². The minimum absolute atomic E-state index is 0.0772. The lowest BCUT2D eigenvalue weighted by molar-refractivity contribution is -0.117. The van der Waals surface area contributed by atoms with E-state index in [2.05, 4.69) is 21.9 Å². The molecule has 1 aliphatic heterocycles. The molecule has 1 aliphatic rings. The van der Waals surface area contributed by atoms with E-state index in [0.717, 1.165) is 18.4 Å². The third-order valence-corrected chi connectivity index (χ3v) is 3.96. The Hall–Kier alpha value is -2.41. The van der Waals surface area contributed by atoms with Crippen LogP contribution in [0.2, 0.25) is 5.15 Å². The highest BCUT2D eigenvalue weighted by Gasteiger charge is 2.32. The number of ether oxygens (including phenoxy) is 1. The van der Waals surface area contributed by atoms with Crippen molar-refractivity contribution < 1.29 is 9.53 Å². The zero-order valence-electron chi connectivity index (χ0n) is 13.3. The van der Waals surface area contributed by atoms with Gasteiger partial charge in [-0.25, -0.2) is 4.98 Å². The van der Waals surface area contributed by atoms with Crippen LogP contribution in [-0.2, 0) is 17.8 Å². The molecule has 2 aromatic heterocycles. The highest BCUT2D eigenvalue weighted by Crippen LogP contribution is 2.33. The number of halogens is 1. The van der Waals surface area contributed by atoms with Gasteiger partial charge in [0.25, 0.3) is 0 Å². The minimum Gasteiger partial charge on any atom is -0.463 e. The van der Waals surface area contributed by atoms with Crippen LogP contribution in [0.3, 0.4) is 0 Å². The Labute approximate surface area is 144 Å². The van der Waals surface area contributed by atoms with E-state index in [-0.39, 0.29) is 24.2 Å². The molecule has 0 bridgehead atoms. The lowest BCUT2D eigenvalue weighted by Gasteiger charge is -2.17. The van der Waals surface area contributed by atoms with Gasteiger partial charge in [0.1, 0.15) is 16.8 Å². The van der Waals surface area contributed by atoms with Crippen LogP contribution in [0.15, 0.2) is 18.3 Å². The molecular formula is C16H18ClN5O2. The van der Waals surface area contributed by atoms with Crippen LogP contribution in [0, 0.1) is 0 Å². The lowest BCUT2D eigenvalue weighted by atomic mass is 10.2. The molecule has 3 rings (SSSR count). The van der Waals surface area contributed by atoms with Gasteiger partial charge in [-0.05, 0) is 18.1 Å². The van der Waals surface area contributed by atoms with Gasteiger partial charge in [0.2, 0.25) is 5.91 Å². The molecule has 126 valence electrons. The molecule has 0 unspecified atom stereocenters. The summed E-state index contributed by atoms with van der Waals surface area (Å²) in [5.74, 6) is 0.720. The van der Waals surface area contributed by atoms with Crippen molar-refractivity contribution in [1.82, 2.24) is 15.0 Å². The smallest absolute Gasteiger partial charge is 0.320 e. The lowest BCUT2D eigenvalue weighted by Crippen LogP contribution is -2.26. The monoisotopic (exact) mass is 347 g/mol. The van der Waals surface area contributed by atoms with E-state index in [1.54, 1.807) is 17.2 Å². The van der Waals surface area contributed by atoms with Crippen LogP contribution in [0.25, 0.3) is 0 Å². The van der Waals surface area contributed by atoms with E-state index < -0.39 is 0 Å². The molecule has 8 heteroatoms. The number of aromatic nitrogens is 3. The Kier molecular flexibility index (Phi) is 4.80. The number of unbranched alkanes of at least 4 members (excludes halogenated alkanes) is 1. The van der Waals surface area contributed by atoms with E-state index in [4.69, 9.17) is 22.1 Å². The number of amides is 1. The molecule has 3 heterocycles. The first-order chi connectivity index (χ1) is 11.6. The summed E-state index contributed by atoms with van der Waals surface area (Å²) in [4.78, 5) is 26.5. The molecule has 0 radical (unpaired) electrons. The van der Waals surface area contributed by atoms with Gasteiger partial charge < -0.3 is 10.5 Å². The van der Waals surface area contributed by atoms with Gasteiger partial charge in [-0.3, -0.25) is 9.69 Å². The quantitative estimate of drug-likeness (QED) is 0.636. The zero-order valence-corrected chi connectivity index (χ0v) is 14.1. The number of pyridine rings is 1. The first kappa shape index (κ1) is 16.4. The van der Waals surface area contributed by atoms with Gasteiger partial charge in [-0.1, -0.05) is 31.0 Å². The van der Waals surface area contributed by atoms with Crippen molar-refractivity contribution in [3.8, 4) is 6.01 Å². The second-order valence-corrected chi connectivity index (χ2v) is 5.93. The molecule has 7 nitrogen and oxygen atoms in total. The van der Waals surface area contributed by atoms with Crippen molar-refractivity contribution in [3.63, 3.8) is 0 Å². The summed E-state index contributed by atoms with van der Waals surface area (Å²) >= 11 is 5.79. The topological polar surface area (TPSA) is 94.2 Å². The molecule has 1 amide bonds. The summed E-state index contributed by atoms with van der Waals surface area (Å²) in [5, 5.41) is 0.407. The van der Waals surface area contributed by atoms with Crippen molar-refractivity contribution in [2.45, 2.75) is 32.7 Å². The summed E-state index contributed by atoms with van der Waals surface area (Å²) in [6.07, 6.45) is 3.74. The van der Waals surface area contributed by atoms with Crippen LogP contribution < -0.4 is 15.4 Å². The highest BCUT2D eigenvalue weighted by atomic mass is 35.5. The molecule has 0 saturated heterocycles. The van der Waals surface area contributed by atoms with Crippen molar-refractivity contribution in [3.05, 3.63) is 34.6 Å². The fraction of sp³-hybridized carbons (Fsp3) is 0.375. The largest absolute Gasteiger partial charge is 0.463 e. The number of fused-ring (bicyclic) bond motifs is 1. The number of hydrogen-bond acceptors (Lipinski definition) is 6. The van der Waals surface area contributed by atoms with Gasteiger partial charge >= 0.3 is 6.01 Å². The maximum absolute atomic E-state index is 12.3. The summed E-state index contributed by atoms with van der Waals surface area (Å²) in [7, 11) is 0. The molecule has 2 aromatic rings. The van der Waals surface area contributed by atoms with Crippen molar-refractivity contribution >= 4 is 29.1 Å². The van der Waals surface area contributed by atoms with Crippen molar-refractivity contribution in [1.29, 1.82) is 0 Å². The van der Waals surface area contributed by atoms with Crippen LogP contribution in [0.5, 0.6) is 6.01 Å². The normalized spacial score (nSPS) is 13.2. The Bertz CT molecular complexity index is 751. The van der Waals surface area contributed by atoms with Gasteiger partial charge in [-0.15, -0.1) is 0 Å². The summed E-state index contributed by atoms with van der Waals surface area (Å²) < 4.78 is 5.53. The standard InChI is InChI=1S/C16H18ClN5O2/c1-2-3-6-24-16-20-14(18)11-7-13(23)22(15(11)21-16)9-10-4-5-12(17)19-8-10/h4-5,8H,2-3,6-7,9H2,1H3,(H2,18,20,21). The number of nitrogens with two attached hydrogens (primary N) is 1. The first-order valence-corrected chi connectivity index (χ1v) is 8.16. The number of nitrogens with zero attached hydrogens (tertiary/aromatic N) is 4. The molecule has 0 atom stereocenters. The number of anilines is 2. The summed E-state index contributed by atoms with van der Waals surface area (Å²) in [6.45, 7) is 2.94. The fourth-order valence-corrected chi connectivity index (χ4v) is 2.56. The van der Waals surface area contributed by atoms with E-state index in [1.165, 1.54) is 0 Å². The highest BCUT2D eigenvalue weighted by molar-refractivity contribution is 6.29. The second-order valence-electron chi connectivity index (χ2n) is 5.54. The second kappa shape index (κ2) is 7.00. The molecule has 0 spiro atoms. The Morgan fingerprint density at radius 3 is 2.92 bits per heavy atom. The van der Waals surface area contributed by atoms with Gasteiger partial charge in [0.05, 0.1) is 19.6 Å². The Morgan fingerprint density at radius 1 is 1.38 bits per heavy atom. The van der Waals surface area contributed by atoms with E-state index >= 15 is 0 Å². The average molecular weight is 348 g/mol. The number of hydrogen-bond donors (Lipinski definition) is 1. The first-order valence-electron chi connectivity index (χ1n) is 7.78. The SMILES string of the molecule is CCCCOc1nc(N)c2c(n1)N(Cc1ccc(Cl)nc1)C(=O)C2. The van der Waals surface area contributed by atoms with Crippen LogP contribution in [-0.4, -0.2) is 27.5 Å². The molecule has 24 heavy (non-hydrogen) atoms. The van der Waals surface area contributed by atoms with Crippen molar-refractivity contribution in [2.24, 2.45) is 0 Å². The minimum atomic E-state index is -0.0772. The number of carbonyl (C=O) groups is 1. The third-order valence-electron chi connectivity index (χ3n) is 3.74. The van der Waals surface area contributed by atoms with E-state index in [0.29, 0.717) is 29.7 Å². The van der Waals surface area contributed by atoms with Crippen LogP contribution in [0.1, 0.15) is 30.9 Å². The number of carbonyl (C=O) groups excluding carboxylic acids is 1. The number of rotatable bonds is 6. The van der Waals surface area contributed by atoms with Crippen LogP contribution >= 0.6 is 11.6 Å².